The number of rotatable bonds is 6. The lowest BCUT2D eigenvalue weighted by atomic mass is 9.96. The summed E-state index contributed by atoms with van der Waals surface area (Å²) in [6, 6.07) is 7.26. The molecule has 0 bridgehead atoms. The number of aryl methyl sites for hydroxylation is 2. The fourth-order valence-electron chi connectivity index (χ4n) is 3.19. The standard InChI is InChI=1S/C18H27NO2/c1-13-8-9-14(2)15(10-13)11-17(12-18(20)21-3)19-16-6-4-5-7-16/h8-10,16-17,19H,4-7,11-12H2,1-3H3. The van der Waals surface area contributed by atoms with Gasteiger partial charge in [-0.3, -0.25) is 4.79 Å². The van der Waals surface area contributed by atoms with Gasteiger partial charge in [0.1, 0.15) is 0 Å². The van der Waals surface area contributed by atoms with Crippen molar-refractivity contribution < 1.29 is 9.53 Å². The average Bonchev–Trinajstić information content (AvgIpc) is 2.95. The maximum absolute atomic E-state index is 11.7. The van der Waals surface area contributed by atoms with Crippen molar-refractivity contribution in [2.75, 3.05) is 7.11 Å². The van der Waals surface area contributed by atoms with Gasteiger partial charge in [0.25, 0.3) is 0 Å². The molecule has 0 aromatic heterocycles. The molecule has 3 heteroatoms. The predicted octanol–water partition coefficient (Wildman–Crippen LogP) is 3.31. The van der Waals surface area contributed by atoms with Gasteiger partial charge >= 0.3 is 5.97 Å². The summed E-state index contributed by atoms with van der Waals surface area (Å²) in [6.45, 7) is 4.25. The normalized spacial score (nSPS) is 16.9. The monoisotopic (exact) mass is 289 g/mol. The van der Waals surface area contributed by atoms with Gasteiger partial charge < -0.3 is 10.1 Å². The number of nitrogens with one attached hydrogen (secondary N) is 1. The number of ether oxygens (including phenoxy) is 1. The number of carbonyl (C=O) groups is 1. The van der Waals surface area contributed by atoms with Gasteiger partial charge in [-0.15, -0.1) is 0 Å². The highest BCUT2D eigenvalue weighted by atomic mass is 16.5. The van der Waals surface area contributed by atoms with E-state index in [0.29, 0.717) is 12.5 Å². The van der Waals surface area contributed by atoms with Crippen LogP contribution < -0.4 is 5.32 Å². The summed E-state index contributed by atoms with van der Waals surface area (Å²) in [7, 11) is 1.47. The summed E-state index contributed by atoms with van der Waals surface area (Å²) in [5.41, 5.74) is 3.89. The summed E-state index contributed by atoms with van der Waals surface area (Å²) in [5.74, 6) is -0.129. The third kappa shape index (κ3) is 4.85. The summed E-state index contributed by atoms with van der Waals surface area (Å²) in [4.78, 5) is 11.7. The van der Waals surface area contributed by atoms with Gasteiger partial charge in [-0.1, -0.05) is 36.6 Å². The summed E-state index contributed by atoms with van der Waals surface area (Å²) >= 11 is 0. The lowest BCUT2D eigenvalue weighted by Gasteiger charge is -2.23. The average molecular weight is 289 g/mol. The van der Waals surface area contributed by atoms with E-state index in [1.165, 1.54) is 49.5 Å². The minimum Gasteiger partial charge on any atom is -0.469 e. The SMILES string of the molecule is COC(=O)CC(Cc1cc(C)ccc1C)NC1CCCC1. The number of methoxy groups -OCH3 is 1. The van der Waals surface area contributed by atoms with Gasteiger partial charge in [-0.05, 0) is 44.2 Å². The number of esters is 1. The van der Waals surface area contributed by atoms with Crippen LogP contribution in [-0.4, -0.2) is 25.2 Å². The fraction of sp³-hybridized carbons (Fsp3) is 0.611. The first kappa shape index (κ1) is 16.0. The van der Waals surface area contributed by atoms with E-state index in [4.69, 9.17) is 4.74 Å². The topological polar surface area (TPSA) is 38.3 Å². The second-order valence-electron chi connectivity index (χ2n) is 6.26. The molecule has 1 atom stereocenters. The molecular weight excluding hydrogens is 262 g/mol. The van der Waals surface area contributed by atoms with Gasteiger partial charge in [-0.2, -0.15) is 0 Å². The van der Waals surface area contributed by atoms with E-state index in [2.05, 4.69) is 37.4 Å². The molecule has 0 aliphatic heterocycles. The molecule has 21 heavy (non-hydrogen) atoms. The van der Waals surface area contributed by atoms with Crippen molar-refractivity contribution in [2.24, 2.45) is 0 Å². The minimum atomic E-state index is -0.129. The number of hydrogen-bond donors (Lipinski definition) is 1. The van der Waals surface area contributed by atoms with Crippen LogP contribution in [0.2, 0.25) is 0 Å². The van der Waals surface area contributed by atoms with Crippen LogP contribution in [0, 0.1) is 13.8 Å². The van der Waals surface area contributed by atoms with Gasteiger partial charge in [0, 0.05) is 12.1 Å². The van der Waals surface area contributed by atoms with Crippen molar-refractivity contribution in [3.05, 3.63) is 34.9 Å². The van der Waals surface area contributed by atoms with Crippen LogP contribution in [0.25, 0.3) is 0 Å². The molecule has 1 aromatic rings. The van der Waals surface area contributed by atoms with Crippen molar-refractivity contribution in [2.45, 2.75) is 64.5 Å². The Kier molecular flexibility index (Phi) is 5.80. The highest BCUT2D eigenvalue weighted by molar-refractivity contribution is 5.70. The van der Waals surface area contributed by atoms with Crippen molar-refractivity contribution >= 4 is 5.97 Å². The summed E-state index contributed by atoms with van der Waals surface area (Å²) in [6.07, 6.45) is 6.38. The lowest BCUT2D eigenvalue weighted by Crippen LogP contribution is -2.40. The van der Waals surface area contributed by atoms with E-state index in [0.717, 1.165) is 6.42 Å². The van der Waals surface area contributed by atoms with Crippen molar-refractivity contribution in [3.63, 3.8) is 0 Å². The zero-order valence-electron chi connectivity index (χ0n) is 13.4. The molecule has 0 radical (unpaired) electrons. The quantitative estimate of drug-likeness (QED) is 0.817. The number of carbonyl (C=O) groups excluding carboxylic acids is 1. The molecule has 2 rings (SSSR count). The molecule has 0 saturated heterocycles. The maximum Gasteiger partial charge on any atom is 0.307 e. The highest BCUT2D eigenvalue weighted by Crippen LogP contribution is 2.20. The Morgan fingerprint density at radius 3 is 2.71 bits per heavy atom. The van der Waals surface area contributed by atoms with Gasteiger partial charge in [0.05, 0.1) is 13.5 Å². The molecule has 1 aliphatic carbocycles. The largest absolute Gasteiger partial charge is 0.469 e. The van der Waals surface area contributed by atoms with Gasteiger partial charge in [0.15, 0.2) is 0 Å². The Morgan fingerprint density at radius 1 is 1.33 bits per heavy atom. The first-order valence-electron chi connectivity index (χ1n) is 7.97. The third-order valence-corrected chi connectivity index (χ3v) is 4.44. The van der Waals surface area contributed by atoms with Gasteiger partial charge in [0.2, 0.25) is 0 Å². The van der Waals surface area contributed by atoms with E-state index in [1.54, 1.807) is 0 Å². The molecule has 1 aliphatic rings. The van der Waals surface area contributed by atoms with Gasteiger partial charge in [-0.25, -0.2) is 0 Å². The summed E-state index contributed by atoms with van der Waals surface area (Å²) in [5, 5.41) is 3.68. The summed E-state index contributed by atoms with van der Waals surface area (Å²) < 4.78 is 4.86. The van der Waals surface area contributed by atoms with E-state index in [-0.39, 0.29) is 12.0 Å². The molecule has 3 nitrogen and oxygen atoms in total. The molecule has 0 amide bonds. The first-order valence-corrected chi connectivity index (χ1v) is 7.97. The van der Waals surface area contributed by atoms with Crippen molar-refractivity contribution in [3.8, 4) is 0 Å². The molecule has 0 spiro atoms. The molecule has 1 aromatic carbocycles. The highest BCUT2D eigenvalue weighted by Gasteiger charge is 2.22. The van der Waals surface area contributed by atoms with Crippen LogP contribution in [0.3, 0.4) is 0 Å². The van der Waals surface area contributed by atoms with Crippen LogP contribution in [0.1, 0.15) is 48.8 Å². The smallest absolute Gasteiger partial charge is 0.307 e. The second kappa shape index (κ2) is 7.60. The molecule has 1 fully saturated rings. The first-order chi connectivity index (χ1) is 10.1. The Bertz CT molecular complexity index is 478. The van der Waals surface area contributed by atoms with Crippen LogP contribution in [0.5, 0.6) is 0 Å². The predicted molar refractivity (Wildman–Crippen MR) is 85.4 cm³/mol. The van der Waals surface area contributed by atoms with Crippen LogP contribution >= 0.6 is 0 Å². The van der Waals surface area contributed by atoms with E-state index < -0.39 is 0 Å². The lowest BCUT2D eigenvalue weighted by molar-refractivity contribution is -0.141. The molecule has 1 saturated carbocycles. The van der Waals surface area contributed by atoms with E-state index in [9.17, 15) is 4.79 Å². The zero-order chi connectivity index (χ0) is 15.2. The number of hydrogen-bond acceptors (Lipinski definition) is 3. The molecule has 116 valence electrons. The fourth-order valence-corrected chi connectivity index (χ4v) is 3.19. The Hall–Kier alpha value is -1.35. The Balaban J connectivity index is 2.06. The third-order valence-electron chi connectivity index (χ3n) is 4.44. The molecule has 0 heterocycles. The Morgan fingerprint density at radius 2 is 2.05 bits per heavy atom. The minimum absolute atomic E-state index is 0.129. The van der Waals surface area contributed by atoms with Crippen LogP contribution in [-0.2, 0) is 16.0 Å². The van der Waals surface area contributed by atoms with E-state index in [1.807, 2.05) is 0 Å². The second-order valence-corrected chi connectivity index (χ2v) is 6.26. The number of benzene rings is 1. The van der Waals surface area contributed by atoms with Crippen LogP contribution in [0.4, 0.5) is 0 Å². The molecule has 1 N–H and O–H groups in total. The van der Waals surface area contributed by atoms with Crippen molar-refractivity contribution in [1.82, 2.24) is 5.32 Å². The maximum atomic E-state index is 11.7. The molecule has 1 unspecified atom stereocenters. The van der Waals surface area contributed by atoms with E-state index >= 15 is 0 Å². The molecular formula is C18H27NO2. The van der Waals surface area contributed by atoms with Crippen molar-refractivity contribution in [1.29, 1.82) is 0 Å². The Labute approximate surface area is 128 Å². The zero-order valence-corrected chi connectivity index (χ0v) is 13.4. The van der Waals surface area contributed by atoms with Crippen LogP contribution in [0.15, 0.2) is 18.2 Å².